The molecular weight excluding hydrogens is 230 g/mol. The molecule has 6 N–H and O–H groups in total. The van der Waals surface area contributed by atoms with Gasteiger partial charge in [-0.25, -0.2) is 9.59 Å². The summed E-state index contributed by atoms with van der Waals surface area (Å²) >= 11 is 0. The van der Waals surface area contributed by atoms with Gasteiger partial charge in [0.15, 0.2) is 0 Å². The molecular formula is C8H9N5O4. The van der Waals surface area contributed by atoms with Crippen LogP contribution in [0.25, 0.3) is 0 Å². The number of nitrogen functional groups attached to an aromatic ring is 1. The van der Waals surface area contributed by atoms with Gasteiger partial charge in [-0.1, -0.05) is 0 Å². The number of rotatable bonds is 0. The second-order valence-electron chi connectivity index (χ2n) is 2.82. The number of H-pyrrole nitrogens is 4. The van der Waals surface area contributed by atoms with Gasteiger partial charge in [0.25, 0.3) is 11.1 Å². The number of aromatic nitrogens is 4. The van der Waals surface area contributed by atoms with Gasteiger partial charge in [-0.2, -0.15) is 0 Å². The average Bonchev–Trinajstić information content (AvgIpc) is 2.24. The van der Waals surface area contributed by atoms with E-state index < -0.39 is 16.9 Å². The Hall–Kier alpha value is -2.84. The van der Waals surface area contributed by atoms with Gasteiger partial charge in [0.1, 0.15) is 5.69 Å². The lowest BCUT2D eigenvalue weighted by Gasteiger charge is -1.85. The third-order valence-electron chi connectivity index (χ3n) is 1.53. The highest BCUT2D eigenvalue weighted by Gasteiger charge is 1.89. The lowest BCUT2D eigenvalue weighted by atomic mass is 10.6. The van der Waals surface area contributed by atoms with Gasteiger partial charge < -0.3 is 15.7 Å². The Balaban J connectivity index is 0.000000171. The Morgan fingerprint density at radius 1 is 0.941 bits per heavy atom. The van der Waals surface area contributed by atoms with E-state index in [-0.39, 0.29) is 11.2 Å². The minimum Gasteiger partial charge on any atom is -0.393 e. The maximum atomic E-state index is 10.4. The average molecular weight is 239 g/mol. The summed E-state index contributed by atoms with van der Waals surface area (Å²) in [4.78, 5) is 49.5. The molecule has 0 aromatic carbocycles. The number of nitrogens with one attached hydrogen (secondary N) is 4. The molecule has 0 bridgehead atoms. The van der Waals surface area contributed by atoms with Crippen LogP contribution in [0.2, 0.25) is 0 Å². The van der Waals surface area contributed by atoms with Crippen molar-refractivity contribution in [2.75, 3.05) is 5.73 Å². The largest absolute Gasteiger partial charge is 0.393 e. The monoisotopic (exact) mass is 239 g/mol. The zero-order valence-electron chi connectivity index (χ0n) is 8.44. The minimum atomic E-state index is -0.557. The predicted molar refractivity (Wildman–Crippen MR) is 59.8 cm³/mol. The number of aromatic amines is 4. The lowest BCUT2D eigenvalue weighted by Crippen LogP contribution is -2.23. The highest BCUT2D eigenvalue weighted by Crippen LogP contribution is 1.76. The minimum absolute atomic E-state index is 0.00889. The van der Waals surface area contributed by atoms with Crippen LogP contribution >= 0.6 is 0 Å². The van der Waals surface area contributed by atoms with Crippen LogP contribution in [0.1, 0.15) is 0 Å². The standard InChI is InChI=1S/C4H5N3O2.C4H4N2O2/c5-2-1-6-4(9)7-3(2)8;7-3-1-2-5-4(8)6-3/h1H,5H2,(H2,6,7,8,9);1-2H,(H2,5,6,7,8). The molecule has 0 spiro atoms. The van der Waals surface area contributed by atoms with Crippen molar-refractivity contribution in [2.24, 2.45) is 0 Å². The molecule has 0 saturated heterocycles. The van der Waals surface area contributed by atoms with Crippen LogP contribution in [0, 0.1) is 0 Å². The summed E-state index contributed by atoms with van der Waals surface area (Å²) in [5, 5.41) is 0. The van der Waals surface area contributed by atoms with Crippen molar-refractivity contribution in [1.29, 1.82) is 0 Å². The van der Waals surface area contributed by atoms with Crippen molar-refractivity contribution in [3.05, 3.63) is 60.1 Å². The van der Waals surface area contributed by atoms with Crippen molar-refractivity contribution in [3.63, 3.8) is 0 Å². The first-order valence-electron chi connectivity index (χ1n) is 4.34. The number of hydrogen-bond donors (Lipinski definition) is 5. The second kappa shape index (κ2) is 5.30. The smallest absolute Gasteiger partial charge is 0.325 e. The van der Waals surface area contributed by atoms with Crippen molar-refractivity contribution >= 4 is 5.69 Å². The Morgan fingerprint density at radius 2 is 1.59 bits per heavy atom. The van der Waals surface area contributed by atoms with Crippen molar-refractivity contribution in [1.82, 2.24) is 19.9 Å². The summed E-state index contributed by atoms with van der Waals surface area (Å²) in [7, 11) is 0. The van der Waals surface area contributed by atoms with Crippen molar-refractivity contribution in [2.45, 2.75) is 0 Å². The third kappa shape index (κ3) is 4.03. The van der Waals surface area contributed by atoms with Crippen molar-refractivity contribution in [3.8, 4) is 0 Å². The molecule has 0 atom stereocenters. The summed E-state index contributed by atoms with van der Waals surface area (Å²) in [6, 6.07) is 1.24. The summed E-state index contributed by atoms with van der Waals surface area (Å²) < 4.78 is 0. The summed E-state index contributed by atoms with van der Waals surface area (Å²) in [6.07, 6.45) is 2.45. The Bertz CT molecular complexity index is 681. The van der Waals surface area contributed by atoms with Gasteiger partial charge in [-0.05, 0) is 0 Å². The SMILES string of the molecule is Nc1c[nH]c(=O)[nH]c1=O.O=c1cc[nH]c(=O)[nH]1. The first-order chi connectivity index (χ1) is 7.99. The van der Waals surface area contributed by atoms with Crippen LogP contribution in [-0.4, -0.2) is 19.9 Å². The van der Waals surface area contributed by atoms with Crippen LogP contribution < -0.4 is 28.2 Å². The number of hydrogen-bond acceptors (Lipinski definition) is 5. The zero-order valence-corrected chi connectivity index (χ0v) is 8.44. The summed E-state index contributed by atoms with van der Waals surface area (Å²) in [5.74, 6) is 0. The van der Waals surface area contributed by atoms with Crippen molar-refractivity contribution < 1.29 is 0 Å². The van der Waals surface area contributed by atoms with E-state index in [1.165, 1.54) is 12.3 Å². The molecule has 0 saturated carbocycles. The molecule has 0 unspecified atom stereocenters. The van der Waals surface area contributed by atoms with E-state index in [2.05, 4.69) is 9.97 Å². The van der Waals surface area contributed by atoms with Gasteiger partial charge in [0.2, 0.25) is 0 Å². The molecule has 90 valence electrons. The van der Waals surface area contributed by atoms with E-state index in [0.717, 1.165) is 6.20 Å². The molecule has 0 amide bonds. The fraction of sp³-hybridized carbons (Fsp3) is 0. The van der Waals surface area contributed by atoms with E-state index in [1.807, 2.05) is 9.97 Å². The molecule has 0 aliphatic carbocycles. The highest BCUT2D eigenvalue weighted by atomic mass is 16.2. The molecule has 0 aliphatic heterocycles. The Labute approximate surface area is 92.4 Å². The molecule has 9 nitrogen and oxygen atoms in total. The highest BCUT2D eigenvalue weighted by molar-refractivity contribution is 5.29. The first kappa shape index (κ1) is 12.2. The van der Waals surface area contributed by atoms with Crippen LogP contribution in [0.15, 0.2) is 37.6 Å². The summed E-state index contributed by atoms with van der Waals surface area (Å²) in [5.41, 5.74) is 3.12. The van der Waals surface area contributed by atoms with E-state index >= 15 is 0 Å². The molecule has 0 aliphatic rings. The van der Waals surface area contributed by atoms with E-state index in [0.29, 0.717) is 0 Å². The predicted octanol–water partition coefficient (Wildman–Crippen LogP) is -2.29. The van der Waals surface area contributed by atoms with E-state index in [9.17, 15) is 19.2 Å². The lowest BCUT2D eigenvalue weighted by molar-refractivity contribution is 1.04. The molecule has 2 heterocycles. The van der Waals surface area contributed by atoms with Crippen LogP contribution in [0.4, 0.5) is 5.69 Å². The number of nitrogens with two attached hydrogens (primary N) is 1. The van der Waals surface area contributed by atoms with Gasteiger partial charge in [0.05, 0.1) is 0 Å². The van der Waals surface area contributed by atoms with E-state index in [4.69, 9.17) is 5.73 Å². The Morgan fingerprint density at radius 3 is 2.00 bits per heavy atom. The van der Waals surface area contributed by atoms with Gasteiger partial charge in [-0.15, -0.1) is 0 Å². The Kier molecular flexibility index (Phi) is 3.81. The number of anilines is 1. The fourth-order valence-electron chi connectivity index (χ4n) is 0.803. The molecule has 9 heteroatoms. The fourth-order valence-corrected chi connectivity index (χ4v) is 0.803. The topological polar surface area (TPSA) is 157 Å². The van der Waals surface area contributed by atoms with Gasteiger partial charge in [0, 0.05) is 18.5 Å². The van der Waals surface area contributed by atoms with Crippen LogP contribution in [0.3, 0.4) is 0 Å². The maximum absolute atomic E-state index is 10.4. The third-order valence-corrected chi connectivity index (χ3v) is 1.53. The summed E-state index contributed by atoms with van der Waals surface area (Å²) in [6.45, 7) is 0. The van der Waals surface area contributed by atoms with E-state index in [1.54, 1.807) is 0 Å². The maximum Gasteiger partial charge on any atom is 0.325 e. The molecule has 17 heavy (non-hydrogen) atoms. The normalized spacial score (nSPS) is 9.18. The molecule has 0 radical (unpaired) electrons. The molecule has 2 aromatic heterocycles. The first-order valence-corrected chi connectivity index (χ1v) is 4.34. The van der Waals surface area contributed by atoms with Gasteiger partial charge in [-0.3, -0.25) is 19.6 Å². The quantitative estimate of drug-likeness (QED) is 0.349. The molecule has 0 fully saturated rings. The zero-order chi connectivity index (χ0) is 12.8. The molecule has 2 rings (SSSR count). The van der Waals surface area contributed by atoms with Crippen LogP contribution in [0.5, 0.6) is 0 Å². The van der Waals surface area contributed by atoms with Crippen LogP contribution in [-0.2, 0) is 0 Å². The van der Waals surface area contributed by atoms with Gasteiger partial charge >= 0.3 is 11.4 Å². The second-order valence-corrected chi connectivity index (χ2v) is 2.82. The molecule has 2 aromatic rings.